The third-order valence-corrected chi connectivity index (χ3v) is 2.70. The molecule has 1 aliphatic heterocycles. The van der Waals surface area contributed by atoms with Gasteiger partial charge in [0.1, 0.15) is 6.54 Å². The molecule has 2 heterocycles. The predicted octanol–water partition coefficient (Wildman–Crippen LogP) is 0.0815. The molecule has 1 aromatic rings. The van der Waals surface area contributed by atoms with Gasteiger partial charge in [-0.2, -0.15) is 15.0 Å². The van der Waals surface area contributed by atoms with Gasteiger partial charge in [-0.05, 0) is 13.2 Å². The number of anilines is 2. The Kier molecular flexibility index (Phi) is 3.60. The van der Waals surface area contributed by atoms with E-state index in [-0.39, 0.29) is 18.4 Å². The predicted molar refractivity (Wildman–Crippen MR) is 66.7 cm³/mol. The second-order valence-corrected chi connectivity index (χ2v) is 4.19. The molecule has 1 aromatic heterocycles. The molecule has 0 bridgehead atoms. The van der Waals surface area contributed by atoms with Crippen LogP contribution in [0.4, 0.5) is 16.7 Å². The van der Waals surface area contributed by atoms with E-state index in [0.29, 0.717) is 17.6 Å². The summed E-state index contributed by atoms with van der Waals surface area (Å²) in [7, 11) is 0. The summed E-state index contributed by atoms with van der Waals surface area (Å²) in [6.45, 7) is 2.50. The van der Waals surface area contributed by atoms with Crippen molar-refractivity contribution in [2.75, 3.05) is 29.6 Å². The molecule has 0 aliphatic carbocycles. The highest BCUT2D eigenvalue weighted by Crippen LogP contribution is 2.17. The number of thioether (sulfide) groups is 1. The first-order valence-corrected chi connectivity index (χ1v) is 6.51. The van der Waals surface area contributed by atoms with Gasteiger partial charge in [-0.3, -0.25) is 15.0 Å². The minimum atomic E-state index is -0.513. The number of imide groups is 1. The number of hydrogen-bond acceptors (Lipinski definition) is 7. The van der Waals surface area contributed by atoms with Crippen LogP contribution in [0.2, 0.25) is 0 Å². The molecule has 0 spiro atoms. The third kappa shape index (κ3) is 2.50. The quantitative estimate of drug-likeness (QED) is 0.589. The van der Waals surface area contributed by atoms with Crippen LogP contribution in [0.1, 0.15) is 6.92 Å². The second kappa shape index (κ2) is 5.17. The van der Waals surface area contributed by atoms with Gasteiger partial charge in [0.2, 0.25) is 17.8 Å². The van der Waals surface area contributed by atoms with Gasteiger partial charge in [0.05, 0.1) is 0 Å². The number of hydrogen-bond donors (Lipinski definition) is 2. The molecule has 0 unspecified atom stereocenters. The van der Waals surface area contributed by atoms with Crippen LogP contribution in [0, 0.1) is 0 Å². The van der Waals surface area contributed by atoms with Gasteiger partial charge in [0.15, 0.2) is 5.16 Å². The number of aromatic nitrogens is 3. The molecule has 0 aromatic carbocycles. The molecule has 18 heavy (non-hydrogen) atoms. The lowest BCUT2D eigenvalue weighted by Crippen LogP contribution is -2.30. The number of amides is 3. The SMILES string of the molecule is CCNc1nc(SC)nc(N2CC(=O)NC2=O)n1. The minimum absolute atomic E-state index is 0.0672. The van der Waals surface area contributed by atoms with Crippen molar-refractivity contribution in [2.24, 2.45) is 0 Å². The minimum Gasteiger partial charge on any atom is -0.354 e. The zero-order valence-corrected chi connectivity index (χ0v) is 10.7. The van der Waals surface area contributed by atoms with E-state index in [1.54, 1.807) is 0 Å². The molecule has 9 heteroatoms. The van der Waals surface area contributed by atoms with Crippen molar-refractivity contribution >= 4 is 35.6 Å². The Morgan fingerprint density at radius 3 is 2.72 bits per heavy atom. The van der Waals surface area contributed by atoms with Gasteiger partial charge in [-0.25, -0.2) is 4.79 Å². The fraction of sp³-hybridized carbons (Fsp3) is 0.444. The first-order chi connectivity index (χ1) is 8.63. The van der Waals surface area contributed by atoms with E-state index in [4.69, 9.17) is 0 Å². The lowest BCUT2D eigenvalue weighted by Gasteiger charge is -2.12. The Morgan fingerprint density at radius 1 is 1.39 bits per heavy atom. The monoisotopic (exact) mass is 268 g/mol. The maximum absolute atomic E-state index is 11.5. The first kappa shape index (κ1) is 12.6. The molecule has 1 fully saturated rings. The Bertz CT molecular complexity index is 494. The van der Waals surface area contributed by atoms with Crippen molar-refractivity contribution in [3.8, 4) is 0 Å². The Labute approximate surface area is 108 Å². The highest BCUT2D eigenvalue weighted by molar-refractivity contribution is 7.98. The summed E-state index contributed by atoms with van der Waals surface area (Å²) in [6.07, 6.45) is 1.82. The molecule has 0 atom stereocenters. The van der Waals surface area contributed by atoms with E-state index < -0.39 is 6.03 Å². The molecule has 96 valence electrons. The fourth-order valence-electron chi connectivity index (χ4n) is 1.40. The van der Waals surface area contributed by atoms with Gasteiger partial charge in [-0.15, -0.1) is 0 Å². The van der Waals surface area contributed by atoms with E-state index in [1.807, 2.05) is 13.2 Å². The van der Waals surface area contributed by atoms with Crippen LogP contribution in [0.25, 0.3) is 0 Å². The number of nitrogens with one attached hydrogen (secondary N) is 2. The molecule has 1 saturated heterocycles. The van der Waals surface area contributed by atoms with Crippen molar-refractivity contribution in [3.05, 3.63) is 0 Å². The Morgan fingerprint density at radius 2 is 2.17 bits per heavy atom. The maximum Gasteiger partial charge on any atom is 0.331 e. The van der Waals surface area contributed by atoms with E-state index in [0.717, 1.165) is 0 Å². The summed E-state index contributed by atoms with van der Waals surface area (Å²) >= 11 is 1.34. The average Bonchev–Trinajstić information content (AvgIpc) is 2.68. The summed E-state index contributed by atoms with van der Waals surface area (Å²) in [4.78, 5) is 36.2. The highest BCUT2D eigenvalue weighted by Gasteiger charge is 2.30. The van der Waals surface area contributed by atoms with Crippen LogP contribution in [0.5, 0.6) is 0 Å². The van der Waals surface area contributed by atoms with Crippen molar-refractivity contribution in [1.29, 1.82) is 0 Å². The van der Waals surface area contributed by atoms with E-state index in [2.05, 4.69) is 25.6 Å². The summed E-state index contributed by atoms with van der Waals surface area (Å²) in [6, 6.07) is -0.513. The molecule has 0 saturated carbocycles. The number of carbonyl (C=O) groups is 2. The molecule has 2 N–H and O–H groups in total. The largest absolute Gasteiger partial charge is 0.354 e. The van der Waals surface area contributed by atoms with Crippen LogP contribution in [0.15, 0.2) is 5.16 Å². The molecule has 2 rings (SSSR count). The van der Waals surface area contributed by atoms with Gasteiger partial charge in [0, 0.05) is 6.54 Å². The third-order valence-electron chi connectivity index (χ3n) is 2.16. The molecule has 1 aliphatic rings. The van der Waals surface area contributed by atoms with Crippen LogP contribution in [0.3, 0.4) is 0 Å². The van der Waals surface area contributed by atoms with Crippen molar-refractivity contribution < 1.29 is 9.59 Å². The van der Waals surface area contributed by atoms with E-state index in [9.17, 15) is 9.59 Å². The number of carbonyl (C=O) groups excluding carboxylic acids is 2. The fourth-order valence-corrected chi connectivity index (χ4v) is 1.75. The number of rotatable bonds is 4. The van der Waals surface area contributed by atoms with Crippen LogP contribution in [-0.2, 0) is 4.79 Å². The smallest absolute Gasteiger partial charge is 0.331 e. The molecule has 0 radical (unpaired) electrons. The summed E-state index contributed by atoms with van der Waals surface area (Å²) in [5, 5.41) is 5.62. The summed E-state index contributed by atoms with van der Waals surface area (Å²) < 4.78 is 0. The van der Waals surface area contributed by atoms with Crippen LogP contribution < -0.4 is 15.5 Å². The van der Waals surface area contributed by atoms with Crippen LogP contribution >= 0.6 is 11.8 Å². The van der Waals surface area contributed by atoms with Crippen molar-refractivity contribution in [3.63, 3.8) is 0 Å². The zero-order chi connectivity index (χ0) is 13.1. The molecular formula is C9H12N6O2S. The van der Waals surface area contributed by atoms with Crippen molar-refractivity contribution in [1.82, 2.24) is 20.3 Å². The molecular weight excluding hydrogens is 256 g/mol. The second-order valence-electron chi connectivity index (χ2n) is 3.42. The maximum atomic E-state index is 11.5. The van der Waals surface area contributed by atoms with Gasteiger partial charge >= 0.3 is 6.03 Å². The number of urea groups is 1. The Balaban J connectivity index is 2.34. The standard InChI is InChI=1S/C9H12N6O2S/c1-3-10-6-12-7(14-8(13-6)18-2)15-4-5(16)11-9(15)17/h3-4H2,1-2H3,(H,11,16,17)(H,10,12,13,14). The van der Waals surface area contributed by atoms with Crippen LogP contribution in [-0.4, -0.2) is 46.2 Å². The van der Waals surface area contributed by atoms with E-state index >= 15 is 0 Å². The number of nitrogens with zero attached hydrogens (tertiary/aromatic N) is 4. The van der Waals surface area contributed by atoms with Gasteiger partial charge in [-0.1, -0.05) is 11.8 Å². The lowest BCUT2D eigenvalue weighted by molar-refractivity contribution is -0.117. The van der Waals surface area contributed by atoms with Crippen molar-refractivity contribution in [2.45, 2.75) is 12.1 Å². The zero-order valence-electron chi connectivity index (χ0n) is 9.93. The average molecular weight is 268 g/mol. The summed E-state index contributed by atoms with van der Waals surface area (Å²) in [5.41, 5.74) is 0. The molecule has 3 amide bonds. The molecule has 8 nitrogen and oxygen atoms in total. The normalized spacial score (nSPS) is 14.9. The van der Waals surface area contributed by atoms with Gasteiger partial charge in [0.25, 0.3) is 0 Å². The topological polar surface area (TPSA) is 100 Å². The summed E-state index contributed by atoms with van der Waals surface area (Å²) in [5.74, 6) is 0.198. The van der Waals surface area contributed by atoms with E-state index in [1.165, 1.54) is 16.7 Å². The lowest BCUT2D eigenvalue weighted by atomic mass is 10.6. The Hall–Kier alpha value is -1.90. The first-order valence-electron chi connectivity index (χ1n) is 5.29. The van der Waals surface area contributed by atoms with Gasteiger partial charge < -0.3 is 5.32 Å². The highest BCUT2D eigenvalue weighted by atomic mass is 32.2.